The van der Waals surface area contributed by atoms with Crippen molar-refractivity contribution in [1.82, 2.24) is 5.32 Å². The second-order valence-corrected chi connectivity index (χ2v) is 6.89. The highest BCUT2D eigenvalue weighted by molar-refractivity contribution is 9.11. The zero-order chi connectivity index (χ0) is 15.1. The van der Waals surface area contributed by atoms with Gasteiger partial charge >= 0.3 is 0 Å². The summed E-state index contributed by atoms with van der Waals surface area (Å²) in [6.07, 6.45) is 1.06. The molecule has 2 rings (SSSR count). The molecule has 0 radical (unpaired) electrons. The maximum atomic E-state index is 5.76. The van der Waals surface area contributed by atoms with Gasteiger partial charge < -0.3 is 14.8 Å². The number of rotatable bonds is 8. The normalized spacial score (nSPS) is 10.6. The Kier molecular flexibility index (Phi) is 7.03. The van der Waals surface area contributed by atoms with Crippen molar-refractivity contribution in [3.05, 3.63) is 43.5 Å². The summed E-state index contributed by atoms with van der Waals surface area (Å²) in [5.41, 5.74) is 1.38. The lowest BCUT2D eigenvalue weighted by atomic mass is 10.2. The van der Waals surface area contributed by atoms with E-state index in [0.717, 1.165) is 40.0 Å². The van der Waals surface area contributed by atoms with Crippen LogP contribution in [0.2, 0.25) is 0 Å². The molecule has 21 heavy (non-hydrogen) atoms. The molecule has 0 aliphatic carbocycles. The van der Waals surface area contributed by atoms with Gasteiger partial charge in [0.15, 0.2) is 0 Å². The largest absolute Gasteiger partial charge is 0.496 e. The number of hydrogen-bond acceptors (Lipinski definition) is 4. The summed E-state index contributed by atoms with van der Waals surface area (Å²) < 4.78 is 12.8. The van der Waals surface area contributed by atoms with Crippen molar-refractivity contribution >= 4 is 43.2 Å². The number of nitrogens with one attached hydrogen (secondary N) is 1. The van der Waals surface area contributed by atoms with Gasteiger partial charge in [-0.05, 0) is 79.3 Å². The molecule has 0 saturated heterocycles. The summed E-state index contributed by atoms with van der Waals surface area (Å²) in [4.78, 5) is 0. The number of thiophene rings is 1. The molecule has 114 valence electrons. The first-order valence-electron chi connectivity index (χ1n) is 6.58. The molecule has 2 aromatic rings. The summed E-state index contributed by atoms with van der Waals surface area (Å²) in [6.45, 7) is 2.41. The van der Waals surface area contributed by atoms with Crippen molar-refractivity contribution in [3.8, 4) is 11.5 Å². The van der Waals surface area contributed by atoms with Crippen molar-refractivity contribution < 1.29 is 9.47 Å². The molecule has 0 fully saturated rings. The van der Waals surface area contributed by atoms with Crippen LogP contribution in [0.4, 0.5) is 0 Å². The van der Waals surface area contributed by atoms with Crippen LogP contribution in [0, 0.1) is 0 Å². The fourth-order valence-corrected chi connectivity index (χ4v) is 3.43. The minimum atomic E-state index is 0.626. The molecule has 0 aliphatic rings. The van der Waals surface area contributed by atoms with Crippen LogP contribution in [0.1, 0.15) is 5.56 Å². The molecule has 3 nitrogen and oxygen atoms in total. The van der Waals surface area contributed by atoms with Crippen molar-refractivity contribution in [2.75, 3.05) is 26.8 Å². The molecule has 0 aliphatic heterocycles. The second kappa shape index (κ2) is 8.78. The van der Waals surface area contributed by atoms with Crippen molar-refractivity contribution in [3.63, 3.8) is 0 Å². The number of ether oxygens (including phenoxy) is 2. The first kappa shape index (κ1) is 16.8. The van der Waals surface area contributed by atoms with Gasteiger partial charge in [0.25, 0.3) is 0 Å². The molecule has 1 aromatic heterocycles. The van der Waals surface area contributed by atoms with Crippen LogP contribution in [0.3, 0.4) is 0 Å². The fourth-order valence-electron chi connectivity index (χ4n) is 1.80. The van der Waals surface area contributed by atoms with E-state index < -0.39 is 0 Å². The van der Waals surface area contributed by atoms with Gasteiger partial charge in [-0.3, -0.25) is 0 Å². The molecule has 0 amide bonds. The van der Waals surface area contributed by atoms with E-state index in [-0.39, 0.29) is 0 Å². The monoisotopic (exact) mass is 433 g/mol. The van der Waals surface area contributed by atoms with Crippen molar-refractivity contribution in [2.24, 2.45) is 0 Å². The lowest BCUT2D eigenvalue weighted by molar-refractivity contribution is 0.311. The highest BCUT2D eigenvalue weighted by Crippen LogP contribution is 2.35. The summed E-state index contributed by atoms with van der Waals surface area (Å²) in [5.74, 6) is 1.59. The molecule has 0 atom stereocenters. The zero-order valence-corrected chi connectivity index (χ0v) is 15.7. The van der Waals surface area contributed by atoms with Gasteiger partial charge in [0.2, 0.25) is 0 Å². The van der Waals surface area contributed by atoms with E-state index in [4.69, 9.17) is 9.47 Å². The number of hydrogen-bond donors (Lipinski definition) is 1. The molecule has 1 N–H and O–H groups in total. The average molecular weight is 435 g/mol. The van der Waals surface area contributed by atoms with Gasteiger partial charge in [-0.2, -0.15) is 11.3 Å². The third kappa shape index (κ3) is 5.29. The van der Waals surface area contributed by atoms with E-state index in [1.807, 2.05) is 12.1 Å². The minimum absolute atomic E-state index is 0.626. The Labute approximate surface area is 145 Å². The van der Waals surface area contributed by atoms with Gasteiger partial charge in [0.1, 0.15) is 18.1 Å². The number of methoxy groups -OCH3 is 1. The Morgan fingerprint density at radius 2 is 1.90 bits per heavy atom. The standard InChI is InChI=1S/C15H17Br2NO2S/c1-19-14-8-13(17)15(9-12(14)16)20-6-5-18-4-2-11-3-7-21-10-11/h3,7-10,18H,2,4-6H2,1H3. The lowest BCUT2D eigenvalue weighted by Crippen LogP contribution is -2.23. The van der Waals surface area contributed by atoms with E-state index in [1.165, 1.54) is 5.56 Å². The van der Waals surface area contributed by atoms with E-state index in [9.17, 15) is 0 Å². The van der Waals surface area contributed by atoms with Gasteiger partial charge in [-0.15, -0.1) is 0 Å². The molecule has 0 spiro atoms. The van der Waals surface area contributed by atoms with Crippen LogP contribution < -0.4 is 14.8 Å². The molecule has 1 heterocycles. The second-order valence-electron chi connectivity index (χ2n) is 4.40. The van der Waals surface area contributed by atoms with E-state index in [2.05, 4.69) is 54.0 Å². The molecular formula is C15H17Br2NO2S. The fraction of sp³-hybridized carbons (Fsp3) is 0.333. The predicted molar refractivity (Wildman–Crippen MR) is 94.8 cm³/mol. The first-order chi connectivity index (χ1) is 10.2. The third-order valence-electron chi connectivity index (χ3n) is 2.91. The number of benzene rings is 1. The lowest BCUT2D eigenvalue weighted by Gasteiger charge is -2.11. The van der Waals surface area contributed by atoms with Crippen molar-refractivity contribution in [2.45, 2.75) is 6.42 Å². The van der Waals surface area contributed by atoms with Crippen LogP contribution in [0.5, 0.6) is 11.5 Å². The van der Waals surface area contributed by atoms with E-state index in [1.54, 1.807) is 18.4 Å². The Balaban J connectivity index is 1.70. The quantitative estimate of drug-likeness (QED) is 0.620. The zero-order valence-electron chi connectivity index (χ0n) is 11.7. The van der Waals surface area contributed by atoms with Crippen LogP contribution in [-0.4, -0.2) is 26.8 Å². The van der Waals surface area contributed by atoms with E-state index in [0.29, 0.717) is 6.61 Å². The molecule has 0 bridgehead atoms. The van der Waals surface area contributed by atoms with Gasteiger partial charge in [-0.1, -0.05) is 0 Å². The van der Waals surface area contributed by atoms with Crippen LogP contribution in [-0.2, 0) is 6.42 Å². The Morgan fingerprint density at radius 1 is 1.14 bits per heavy atom. The molecule has 6 heteroatoms. The smallest absolute Gasteiger partial charge is 0.134 e. The van der Waals surface area contributed by atoms with Crippen LogP contribution in [0.15, 0.2) is 37.9 Å². The molecule has 0 unspecified atom stereocenters. The van der Waals surface area contributed by atoms with Crippen molar-refractivity contribution in [1.29, 1.82) is 0 Å². The molecule has 1 aromatic carbocycles. The maximum absolute atomic E-state index is 5.76. The van der Waals surface area contributed by atoms with Crippen LogP contribution in [0.25, 0.3) is 0 Å². The Morgan fingerprint density at radius 3 is 2.62 bits per heavy atom. The third-order valence-corrected chi connectivity index (χ3v) is 4.88. The Hall–Kier alpha value is -0.560. The minimum Gasteiger partial charge on any atom is -0.496 e. The summed E-state index contributed by atoms with van der Waals surface area (Å²) in [6, 6.07) is 5.96. The van der Waals surface area contributed by atoms with Crippen LogP contribution >= 0.6 is 43.2 Å². The first-order valence-corrected chi connectivity index (χ1v) is 9.11. The van der Waals surface area contributed by atoms with E-state index >= 15 is 0 Å². The Bertz CT molecular complexity index is 561. The summed E-state index contributed by atoms with van der Waals surface area (Å²) in [7, 11) is 1.64. The highest BCUT2D eigenvalue weighted by atomic mass is 79.9. The van der Waals surface area contributed by atoms with Gasteiger partial charge in [-0.25, -0.2) is 0 Å². The summed E-state index contributed by atoms with van der Waals surface area (Å²) >= 11 is 8.68. The molecular weight excluding hydrogens is 418 g/mol. The topological polar surface area (TPSA) is 30.5 Å². The number of halogens is 2. The van der Waals surface area contributed by atoms with Gasteiger partial charge in [0, 0.05) is 6.54 Å². The predicted octanol–water partition coefficient (Wildman–Crippen LogP) is 4.49. The van der Waals surface area contributed by atoms with Gasteiger partial charge in [0.05, 0.1) is 16.1 Å². The SMILES string of the molecule is COc1cc(Br)c(OCCNCCc2ccsc2)cc1Br. The maximum Gasteiger partial charge on any atom is 0.134 e. The highest BCUT2D eigenvalue weighted by Gasteiger charge is 2.07. The average Bonchev–Trinajstić information content (AvgIpc) is 2.99. The molecule has 0 saturated carbocycles. The summed E-state index contributed by atoms with van der Waals surface area (Å²) in [5, 5.41) is 7.67.